The normalized spacial score (nSPS) is 35.0. The van der Waals surface area contributed by atoms with E-state index in [1.807, 2.05) is 0 Å². The van der Waals surface area contributed by atoms with Crippen molar-refractivity contribution in [3.8, 4) is 0 Å². The van der Waals surface area contributed by atoms with E-state index >= 15 is 0 Å². The standard InChI is InChI=1S/C19H33N3O3S/c23-26(24)10-7-15(14-26)11-20-19(21-12-18-3-1-2-9-25-18)22-8-6-17(13-22)16-4-5-16/h15-18H,1-14H2,(H,20,21). The highest BCUT2D eigenvalue weighted by atomic mass is 32.2. The molecule has 0 spiro atoms. The Balaban J connectivity index is 1.36. The van der Waals surface area contributed by atoms with Crippen molar-refractivity contribution in [2.45, 2.75) is 51.0 Å². The second kappa shape index (κ2) is 8.05. The maximum absolute atomic E-state index is 11.7. The average molecular weight is 384 g/mol. The number of nitrogens with one attached hydrogen (secondary N) is 1. The van der Waals surface area contributed by atoms with Crippen LogP contribution in [0.2, 0.25) is 0 Å². The zero-order chi connectivity index (χ0) is 18.0. The van der Waals surface area contributed by atoms with Crippen molar-refractivity contribution in [2.24, 2.45) is 22.7 Å². The Bertz CT molecular complexity index is 612. The SMILES string of the molecule is O=S1(=O)CCC(CN=C(NCC2CCCCO2)N2CCC(C3CC3)C2)C1. The molecule has 0 bridgehead atoms. The molecule has 3 aliphatic heterocycles. The van der Waals surface area contributed by atoms with Crippen molar-refractivity contribution in [3.63, 3.8) is 0 Å². The van der Waals surface area contributed by atoms with Gasteiger partial charge >= 0.3 is 0 Å². The van der Waals surface area contributed by atoms with Crippen molar-refractivity contribution in [3.05, 3.63) is 0 Å². The van der Waals surface area contributed by atoms with E-state index in [1.54, 1.807) is 0 Å². The Labute approximate surface area is 157 Å². The highest BCUT2D eigenvalue weighted by Gasteiger charge is 2.37. The topological polar surface area (TPSA) is 71.0 Å². The Kier molecular flexibility index (Phi) is 5.74. The van der Waals surface area contributed by atoms with Crippen molar-refractivity contribution in [2.75, 3.05) is 44.3 Å². The maximum Gasteiger partial charge on any atom is 0.194 e. The Morgan fingerprint density at radius 1 is 1.12 bits per heavy atom. The summed E-state index contributed by atoms with van der Waals surface area (Å²) in [4.78, 5) is 7.26. The van der Waals surface area contributed by atoms with E-state index in [0.717, 1.165) is 56.9 Å². The second-order valence-corrected chi connectivity index (χ2v) is 10.9. The number of hydrogen-bond acceptors (Lipinski definition) is 4. The van der Waals surface area contributed by atoms with Crippen LogP contribution >= 0.6 is 0 Å². The Hall–Kier alpha value is -0.820. The largest absolute Gasteiger partial charge is 0.376 e. The quantitative estimate of drug-likeness (QED) is 0.578. The van der Waals surface area contributed by atoms with E-state index < -0.39 is 9.84 Å². The van der Waals surface area contributed by atoms with Crippen molar-refractivity contribution in [1.29, 1.82) is 0 Å². The number of ether oxygens (including phenoxy) is 1. The molecule has 6 nitrogen and oxygen atoms in total. The number of rotatable bonds is 5. The molecular weight excluding hydrogens is 350 g/mol. The predicted molar refractivity (Wildman–Crippen MR) is 103 cm³/mol. The van der Waals surface area contributed by atoms with Crippen molar-refractivity contribution in [1.82, 2.24) is 10.2 Å². The molecular formula is C19H33N3O3S. The minimum atomic E-state index is -2.83. The lowest BCUT2D eigenvalue weighted by atomic mass is 10.0. The van der Waals surface area contributed by atoms with Gasteiger partial charge in [-0.1, -0.05) is 0 Å². The molecule has 4 aliphatic rings. The molecule has 0 radical (unpaired) electrons. The fourth-order valence-corrected chi connectivity index (χ4v) is 6.45. The molecule has 1 saturated carbocycles. The maximum atomic E-state index is 11.7. The van der Waals surface area contributed by atoms with Crippen LogP contribution in [0, 0.1) is 17.8 Å². The highest BCUT2D eigenvalue weighted by Crippen LogP contribution is 2.41. The van der Waals surface area contributed by atoms with Crippen LogP contribution in [0.4, 0.5) is 0 Å². The van der Waals surface area contributed by atoms with Crippen LogP contribution in [0.1, 0.15) is 44.9 Å². The summed E-state index contributed by atoms with van der Waals surface area (Å²) < 4.78 is 29.3. The molecule has 0 amide bonds. The van der Waals surface area contributed by atoms with Gasteiger partial charge in [-0.2, -0.15) is 0 Å². The van der Waals surface area contributed by atoms with Crippen LogP contribution in [0.5, 0.6) is 0 Å². The lowest BCUT2D eigenvalue weighted by molar-refractivity contribution is 0.0191. The third kappa shape index (κ3) is 4.91. The molecule has 3 saturated heterocycles. The molecule has 0 aromatic rings. The average Bonchev–Trinajstić information content (AvgIpc) is 3.27. The van der Waals surface area contributed by atoms with Gasteiger partial charge in [-0.15, -0.1) is 0 Å². The van der Waals surface area contributed by atoms with Crippen LogP contribution < -0.4 is 5.32 Å². The Morgan fingerprint density at radius 2 is 2.00 bits per heavy atom. The summed E-state index contributed by atoms with van der Waals surface area (Å²) in [5.41, 5.74) is 0. The highest BCUT2D eigenvalue weighted by molar-refractivity contribution is 7.91. The summed E-state index contributed by atoms with van der Waals surface area (Å²) in [6.45, 7) is 4.47. The van der Waals surface area contributed by atoms with E-state index in [9.17, 15) is 8.42 Å². The summed E-state index contributed by atoms with van der Waals surface area (Å²) in [6.07, 6.45) is 8.63. The van der Waals surface area contributed by atoms with Gasteiger partial charge in [0.1, 0.15) is 0 Å². The lowest BCUT2D eigenvalue weighted by Crippen LogP contribution is -2.44. The molecule has 0 aromatic carbocycles. The van der Waals surface area contributed by atoms with E-state index in [4.69, 9.17) is 9.73 Å². The second-order valence-electron chi connectivity index (χ2n) is 8.64. The van der Waals surface area contributed by atoms with Gasteiger partial charge in [0.15, 0.2) is 15.8 Å². The summed E-state index contributed by atoms with van der Waals surface area (Å²) in [5, 5.41) is 3.56. The first kappa shape index (κ1) is 18.5. The minimum absolute atomic E-state index is 0.185. The van der Waals surface area contributed by atoms with E-state index in [1.165, 1.54) is 32.1 Å². The smallest absolute Gasteiger partial charge is 0.194 e. The van der Waals surface area contributed by atoms with E-state index in [0.29, 0.717) is 18.1 Å². The number of hydrogen-bond donors (Lipinski definition) is 1. The van der Waals surface area contributed by atoms with Crippen LogP contribution in [-0.4, -0.2) is 69.7 Å². The molecule has 0 aromatic heterocycles. The molecule has 148 valence electrons. The third-order valence-electron chi connectivity index (χ3n) is 6.40. The first-order valence-electron chi connectivity index (χ1n) is 10.4. The fraction of sp³-hybridized carbons (Fsp3) is 0.947. The lowest BCUT2D eigenvalue weighted by Gasteiger charge is -2.27. The van der Waals surface area contributed by atoms with Crippen LogP contribution in [-0.2, 0) is 14.6 Å². The molecule has 3 atom stereocenters. The molecule has 1 N–H and O–H groups in total. The number of sulfone groups is 1. The minimum Gasteiger partial charge on any atom is -0.376 e. The van der Waals surface area contributed by atoms with Crippen molar-refractivity contribution >= 4 is 15.8 Å². The zero-order valence-electron chi connectivity index (χ0n) is 15.7. The predicted octanol–water partition coefficient (Wildman–Crippen LogP) is 1.67. The van der Waals surface area contributed by atoms with Gasteiger partial charge in [0.25, 0.3) is 0 Å². The number of nitrogens with zero attached hydrogens (tertiary/aromatic N) is 2. The van der Waals surface area contributed by atoms with Gasteiger partial charge in [-0.3, -0.25) is 4.99 Å². The van der Waals surface area contributed by atoms with Crippen LogP contribution in [0.25, 0.3) is 0 Å². The van der Waals surface area contributed by atoms with Gasteiger partial charge in [0.2, 0.25) is 0 Å². The third-order valence-corrected chi connectivity index (χ3v) is 8.24. The summed E-state index contributed by atoms with van der Waals surface area (Å²) in [5.74, 6) is 3.55. The molecule has 26 heavy (non-hydrogen) atoms. The molecule has 3 unspecified atom stereocenters. The summed E-state index contributed by atoms with van der Waals surface area (Å²) in [7, 11) is -2.83. The summed E-state index contributed by atoms with van der Waals surface area (Å²) >= 11 is 0. The fourth-order valence-electron chi connectivity index (χ4n) is 4.60. The van der Waals surface area contributed by atoms with Crippen molar-refractivity contribution < 1.29 is 13.2 Å². The molecule has 4 fully saturated rings. The monoisotopic (exact) mass is 383 g/mol. The first-order valence-corrected chi connectivity index (χ1v) is 12.3. The van der Waals surface area contributed by atoms with E-state index in [-0.39, 0.29) is 12.0 Å². The molecule has 4 rings (SSSR count). The summed E-state index contributed by atoms with van der Waals surface area (Å²) in [6, 6.07) is 0. The van der Waals surface area contributed by atoms with Gasteiger partial charge < -0.3 is 15.0 Å². The van der Waals surface area contributed by atoms with Gasteiger partial charge in [-0.25, -0.2) is 8.42 Å². The molecule has 7 heteroatoms. The van der Waals surface area contributed by atoms with Gasteiger partial charge in [0, 0.05) is 32.8 Å². The number of likely N-dealkylation sites (tertiary alicyclic amines) is 1. The number of guanidine groups is 1. The molecule has 3 heterocycles. The van der Waals surface area contributed by atoms with Crippen LogP contribution in [0.15, 0.2) is 4.99 Å². The zero-order valence-corrected chi connectivity index (χ0v) is 16.6. The van der Waals surface area contributed by atoms with E-state index in [2.05, 4.69) is 10.2 Å². The number of aliphatic imine (C=N–C) groups is 1. The van der Waals surface area contributed by atoms with Gasteiger partial charge in [-0.05, 0) is 62.7 Å². The Morgan fingerprint density at radius 3 is 2.69 bits per heavy atom. The van der Waals surface area contributed by atoms with Gasteiger partial charge in [0.05, 0.1) is 17.6 Å². The molecule has 1 aliphatic carbocycles. The first-order chi connectivity index (χ1) is 12.6. The van der Waals surface area contributed by atoms with Crippen LogP contribution in [0.3, 0.4) is 0 Å².